The van der Waals surface area contributed by atoms with Gasteiger partial charge in [0.15, 0.2) is 0 Å². The molecule has 0 unspecified atom stereocenters. The fraction of sp³-hybridized carbons (Fsp3) is 0.684. The number of likely N-dealkylation sites (tertiary alicyclic amines) is 2. The molecule has 2 heterocycles. The largest absolute Gasteiger partial charge is 0.326 e. The summed E-state index contributed by atoms with van der Waals surface area (Å²) in [6.07, 6.45) is 3.10. The molecule has 2 fully saturated rings. The van der Waals surface area contributed by atoms with Gasteiger partial charge in [-0.3, -0.25) is 4.90 Å². The lowest BCUT2D eigenvalue weighted by molar-refractivity contribution is -0.0675. The number of halogens is 2. The van der Waals surface area contributed by atoms with Crippen molar-refractivity contribution in [3.05, 3.63) is 35.9 Å². The number of benzene rings is 1. The van der Waals surface area contributed by atoms with Crippen molar-refractivity contribution in [1.82, 2.24) is 9.80 Å². The molecule has 134 valence electrons. The van der Waals surface area contributed by atoms with E-state index in [0.29, 0.717) is 19.1 Å². The van der Waals surface area contributed by atoms with Crippen LogP contribution in [0.2, 0.25) is 0 Å². The first-order valence-corrected chi connectivity index (χ1v) is 9.15. The average molecular weight is 337 g/mol. The SMILES string of the molecule is N[C@H](Cc1ccccc1)CN1CCC(N2CCC(F)(F)CC2)CC1. The summed E-state index contributed by atoms with van der Waals surface area (Å²) in [7, 11) is 0. The van der Waals surface area contributed by atoms with Crippen molar-refractivity contribution in [2.45, 2.75) is 50.1 Å². The van der Waals surface area contributed by atoms with Crippen molar-refractivity contribution >= 4 is 0 Å². The van der Waals surface area contributed by atoms with Crippen LogP contribution in [0.3, 0.4) is 0 Å². The molecule has 0 amide bonds. The summed E-state index contributed by atoms with van der Waals surface area (Å²) in [5.41, 5.74) is 7.59. The van der Waals surface area contributed by atoms with Crippen LogP contribution in [-0.2, 0) is 6.42 Å². The Labute approximate surface area is 143 Å². The number of piperidine rings is 2. The first-order chi connectivity index (χ1) is 11.5. The molecule has 2 saturated heterocycles. The van der Waals surface area contributed by atoms with Crippen molar-refractivity contribution in [1.29, 1.82) is 0 Å². The van der Waals surface area contributed by atoms with E-state index in [2.05, 4.69) is 34.1 Å². The number of hydrogen-bond donors (Lipinski definition) is 1. The third-order valence-corrected chi connectivity index (χ3v) is 5.44. The molecule has 0 aromatic heterocycles. The van der Waals surface area contributed by atoms with Crippen molar-refractivity contribution < 1.29 is 8.78 Å². The molecule has 0 saturated carbocycles. The Hall–Kier alpha value is -1.04. The van der Waals surface area contributed by atoms with Gasteiger partial charge in [-0.15, -0.1) is 0 Å². The molecule has 0 radical (unpaired) electrons. The molecule has 3 nitrogen and oxygen atoms in total. The lowest BCUT2D eigenvalue weighted by Gasteiger charge is -2.42. The van der Waals surface area contributed by atoms with Gasteiger partial charge in [-0.2, -0.15) is 0 Å². The molecule has 2 aliphatic rings. The highest BCUT2D eigenvalue weighted by atomic mass is 19.3. The number of nitrogens with zero attached hydrogens (tertiary/aromatic N) is 2. The van der Waals surface area contributed by atoms with Crippen molar-refractivity contribution in [2.24, 2.45) is 5.73 Å². The monoisotopic (exact) mass is 337 g/mol. The normalized spacial score (nSPS) is 24.8. The molecule has 0 bridgehead atoms. The van der Waals surface area contributed by atoms with Gasteiger partial charge in [0.25, 0.3) is 5.92 Å². The van der Waals surface area contributed by atoms with Crippen molar-refractivity contribution in [3.63, 3.8) is 0 Å². The Bertz CT molecular complexity index is 491. The minimum Gasteiger partial charge on any atom is -0.326 e. The first-order valence-electron chi connectivity index (χ1n) is 9.15. The Kier molecular flexibility index (Phi) is 5.85. The zero-order valence-electron chi connectivity index (χ0n) is 14.3. The van der Waals surface area contributed by atoms with Gasteiger partial charge in [-0.05, 0) is 37.9 Å². The van der Waals surface area contributed by atoms with Gasteiger partial charge < -0.3 is 10.6 Å². The summed E-state index contributed by atoms with van der Waals surface area (Å²) in [6.45, 7) is 4.07. The topological polar surface area (TPSA) is 32.5 Å². The van der Waals surface area contributed by atoms with Gasteiger partial charge >= 0.3 is 0 Å². The quantitative estimate of drug-likeness (QED) is 0.897. The minimum atomic E-state index is -2.44. The molecule has 0 aliphatic carbocycles. The van der Waals surface area contributed by atoms with Crippen LogP contribution in [0.1, 0.15) is 31.2 Å². The van der Waals surface area contributed by atoms with Gasteiger partial charge in [0, 0.05) is 44.6 Å². The molecule has 2 N–H and O–H groups in total. The van der Waals surface area contributed by atoms with Crippen LogP contribution in [0.4, 0.5) is 8.78 Å². The lowest BCUT2D eigenvalue weighted by atomic mass is 9.98. The predicted octanol–water partition coefficient (Wildman–Crippen LogP) is 2.75. The molecule has 5 heteroatoms. The molecule has 24 heavy (non-hydrogen) atoms. The lowest BCUT2D eigenvalue weighted by Crippen LogP contribution is -2.51. The molecular formula is C19H29F2N3. The highest BCUT2D eigenvalue weighted by Gasteiger charge is 2.36. The Morgan fingerprint density at radius 1 is 1.04 bits per heavy atom. The second kappa shape index (κ2) is 7.89. The maximum atomic E-state index is 13.3. The number of nitrogens with two attached hydrogens (primary N) is 1. The highest BCUT2D eigenvalue weighted by molar-refractivity contribution is 5.15. The predicted molar refractivity (Wildman–Crippen MR) is 93.3 cm³/mol. The second-order valence-electron chi connectivity index (χ2n) is 7.37. The van der Waals surface area contributed by atoms with E-state index >= 15 is 0 Å². The van der Waals surface area contributed by atoms with E-state index in [1.54, 1.807) is 0 Å². The van der Waals surface area contributed by atoms with Crippen LogP contribution < -0.4 is 5.73 Å². The first kappa shape index (κ1) is 17.8. The standard InChI is InChI=1S/C19H29F2N3/c20-19(21)8-12-24(13-9-19)18-6-10-23(11-7-18)15-17(22)14-16-4-2-1-3-5-16/h1-5,17-18H,6-15,22H2/t17-/m1/s1. The number of alkyl halides is 2. The van der Waals surface area contributed by atoms with E-state index in [0.717, 1.165) is 38.9 Å². The number of rotatable bonds is 5. The molecule has 1 aromatic carbocycles. The Morgan fingerprint density at radius 2 is 1.67 bits per heavy atom. The molecule has 1 atom stereocenters. The Morgan fingerprint density at radius 3 is 2.29 bits per heavy atom. The van der Waals surface area contributed by atoms with Gasteiger partial charge in [0.2, 0.25) is 0 Å². The maximum Gasteiger partial charge on any atom is 0.250 e. The highest BCUT2D eigenvalue weighted by Crippen LogP contribution is 2.30. The molecule has 2 aliphatic heterocycles. The van der Waals surface area contributed by atoms with E-state index < -0.39 is 5.92 Å². The van der Waals surface area contributed by atoms with Crippen LogP contribution in [-0.4, -0.2) is 60.5 Å². The Balaban J connectivity index is 1.39. The summed E-state index contributed by atoms with van der Waals surface area (Å²) in [5, 5.41) is 0. The van der Waals surface area contributed by atoms with Gasteiger partial charge in [0.05, 0.1) is 0 Å². The van der Waals surface area contributed by atoms with E-state index in [1.807, 2.05) is 6.07 Å². The minimum absolute atomic E-state index is 0.0230. The summed E-state index contributed by atoms with van der Waals surface area (Å²) in [4.78, 5) is 4.71. The summed E-state index contributed by atoms with van der Waals surface area (Å²) < 4.78 is 26.6. The average Bonchev–Trinajstić information content (AvgIpc) is 2.56. The third kappa shape index (κ3) is 4.98. The second-order valence-corrected chi connectivity index (χ2v) is 7.37. The van der Waals surface area contributed by atoms with Crippen LogP contribution >= 0.6 is 0 Å². The zero-order valence-corrected chi connectivity index (χ0v) is 14.3. The molecule has 0 spiro atoms. The number of hydrogen-bond acceptors (Lipinski definition) is 3. The third-order valence-electron chi connectivity index (χ3n) is 5.44. The van der Waals surface area contributed by atoms with Crippen molar-refractivity contribution in [2.75, 3.05) is 32.7 Å². The fourth-order valence-electron chi connectivity index (χ4n) is 4.00. The summed E-state index contributed by atoms with van der Waals surface area (Å²) in [6, 6.07) is 11.0. The van der Waals surface area contributed by atoms with E-state index in [9.17, 15) is 8.78 Å². The zero-order chi connectivity index (χ0) is 17.0. The van der Waals surface area contributed by atoms with Gasteiger partial charge in [-0.1, -0.05) is 30.3 Å². The van der Waals surface area contributed by atoms with Crippen LogP contribution in [0, 0.1) is 0 Å². The van der Waals surface area contributed by atoms with Crippen LogP contribution in [0.5, 0.6) is 0 Å². The van der Waals surface area contributed by atoms with Gasteiger partial charge in [-0.25, -0.2) is 8.78 Å². The summed E-state index contributed by atoms with van der Waals surface area (Å²) >= 11 is 0. The van der Waals surface area contributed by atoms with E-state index in [1.165, 1.54) is 5.56 Å². The summed E-state index contributed by atoms with van der Waals surface area (Å²) in [5.74, 6) is -2.44. The van der Waals surface area contributed by atoms with Crippen molar-refractivity contribution in [3.8, 4) is 0 Å². The fourth-order valence-corrected chi connectivity index (χ4v) is 4.00. The van der Waals surface area contributed by atoms with E-state index in [-0.39, 0.29) is 18.9 Å². The van der Waals surface area contributed by atoms with Crippen LogP contribution in [0.15, 0.2) is 30.3 Å². The molecule has 1 aromatic rings. The van der Waals surface area contributed by atoms with Gasteiger partial charge in [0.1, 0.15) is 0 Å². The maximum absolute atomic E-state index is 13.3. The smallest absolute Gasteiger partial charge is 0.250 e. The molecular weight excluding hydrogens is 308 g/mol. The van der Waals surface area contributed by atoms with E-state index in [4.69, 9.17) is 5.73 Å². The van der Waals surface area contributed by atoms with Crippen LogP contribution in [0.25, 0.3) is 0 Å². The molecule has 3 rings (SSSR count).